The fourth-order valence-corrected chi connectivity index (χ4v) is 0.864. The summed E-state index contributed by atoms with van der Waals surface area (Å²) in [6.07, 6.45) is 4.72. The molecule has 0 radical (unpaired) electrons. The maximum Gasteiger partial charge on any atom is -0.00546 e. The fraction of sp³-hybridized carbons (Fsp3) is 0.714. The Labute approximate surface area is 56.4 Å². The molecule has 0 aliphatic heterocycles. The van der Waals surface area contributed by atoms with Crippen molar-refractivity contribution in [2.75, 3.05) is 5.75 Å². The van der Waals surface area contributed by atoms with Crippen LogP contribution in [0.3, 0.4) is 0 Å². The molecule has 0 aliphatic rings. The molecule has 0 bridgehead atoms. The minimum absolute atomic E-state index is 1.19. The van der Waals surface area contributed by atoms with Crippen LogP contribution in [0.5, 0.6) is 0 Å². The summed E-state index contributed by atoms with van der Waals surface area (Å²) in [7, 11) is 0. The Morgan fingerprint density at radius 2 is 2.12 bits per heavy atom. The first-order valence-electron chi connectivity index (χ1n) is 3.18. The number of thioether (sulfide) groups is 1. The molecule has 48 valence electrons. The summed E-state index contributed by atoms with van der Waals surface area (Å²) >= 11 is 1.87. The normalized spacial score (nSPS) is 10.8. The SMILES string of the molecule is CCC/C=C\SCC. The van der Waals surface area contributed by atoms with Gasteiger partial charge in [-0.25, -0.2) is 0 Å². The first-order valence-corrected chi connectivity index (χ1v) is 4.23. The van der Waals surface area contributed by atoms with E-state index in [1.807, 2.05) is 11.8 Å². The Bertz CT molecular complexity index is 49.4. The van der Waals surface area contributed by atoms with Crippen LogP contribution in [0.1, 0.15) is 26.7 Å². The molecule has 0 atom stereocenters. The lowest BCUT2D eigenvalue weighted by Crippen LogP contribution is -1.60. The summed E-state index contributed by atoms with van der Waals surface area (Å²) in [6, 6.07) is 0. The molecule has 0 saturated carbocycles. The molecule has 0 rings (SSSR count). The van der Waals surface area contributed by atoms with Crippen LogP contribution in [0, 0.1) is 0 Å². The zero-order chi connectivity index (χ0) is 6.24. The van der Waals surface area contributed by atoms with Gasteiger partial charge in [-0.2, -0.15) is 0 Å². The molecular formula is C7H14S. The molecule has 0 saturated heterocycles. The van der Waals surface area contributed by atoms with Gasteiger partial charge in [0.15, 0.2) is 0 Å². The highest BCUT2D eigenvalue weighted by molar-refractivity contribution is 8.02. The van der Waals surface area contributed by atoms with E-state index in [1.165, 1.54) is 18.6 Å². The van der Waals surface area contributed by atoms with Crippen LogP contribution in [-0.4, -0.2) is 5.75 Å². The summed E-state index contributed by atoms with van der Waals surface area (Å²) in [4.78, 5) is 0. The lowest BCUT2D eigenvalue weighted by Gasteiger charge is -1.83. The van der Waals surface area contributed by atoms with E-state index in [1.54, 1.807) is 0 Å². The predicted octanol–water partition coefficient (Wildman–Crippen LogP) is 3.05. The Kier molecular flexibility index (Phi) is 7.17. The summed E-state index contributed by atoms with van der Waals surface area (Å²) in [6.45, 7) is 4.36. The molecule has 0 N–H and O–H groups in total. The van der Waals surface area contributed by atoms with Crippen LogP contribution in [0.25, 0.3) is 0 Å². The average molecular weight is 130 g/mol. The third kappa shape index (κ3) is 6.09. The second-order valence-electron chi connectivity index (χ2n) is 1.62. The quantitative estimate of drug-likeness (QED) is 0.563. The zero-order valence-corrected chi connectivity index (χ0v) is 6.50. The van der Waals surface area contributed by atoms with Crippen LogP contribution in [0.4, 0.5) is 0 Å². The van der Waals surface area contributed by atoms with Gasteiger partial charge in [-0.15, -0.1) is 11.8 Å². The van der Waals surface area contributed by atoms with Crippen LogP contribution in [0.15, 0.2) is 11.5 Å². The van der Waals surface area contributed by atoms with Gasteiger partial charge in [-0.1, -0.05) is 26.3 Å². The van der Waals surface area contributed by atoms with Crippen LogP contribution >= 0.6 is 11.8 Å². The van der Waals surface area contributed by atoms with Gasteiger partial charge in [-0.3, -0.25) is 0 Å². The van der Waals surface area contributed by atoms with Crippen molar-refractivity contribution < 1.29 is 0 Å². The molecule has 0 aromatic rings. The second-order valence-corrected chi connectivity index (χ2v) is 2.80. The van der Waals surface area contributed by atoms with Crippen molar-refractivity contribution in [2.45, 2.75) is 26.7 Å². The van der Waals surface area contributed by atoms with Crippen molar-refractivity contribution in [3.8, 4) is 0 Å². The smallest absolute Gasteiger partial charge is 0.00546 e. The van der Waals surface area contributed by atoms with Gasteiger partial charge in [0.25, 0.3) is 0 Å². The lowest BCUT2D eigenvalue weighted by molar-refractivity contribution is 0.960. The summed E-state index contributed by atoms with van der Waals surface area (Å²) < 4.78 is 0. The molecule has 0 aromatic carbocycles. The molecule has 1 heteroatoms. The van der Waals surface area contributed by atoms with Crippen molar-refractivity contribution in [2.24, 2.45) is 0 Å². The predicted molar refractivity (Wildman–Crippen MR) is 42.2 cm³/mol. The van der Waals surface area contributed by atoms with Crippen molar-refractivity contribution in [1.82, 2.24) is 0 Å². The van der Waals surface area contributed by atoms with Gasteiger partial charge < -0.3 is 0 Å². The highest BCUT2D eigenvalue weighted by Gasteiger charge is 1.72. The average Bonchev–Trinajstić information content (AvgIpc) is 1.81. The highest BCUT2D eigenvalue weighted by Crippen LogP contribution is 2.01. The van der Waals surface area contributed by atoms with Gasteiger partial charge >= 0.3 is 0 Å². The monoisotopic (exact) mass is 130 g/mol. The maximum absolute atomic E-state index is 2.23. The Balaban J connectivity index is 2.83. The fourth-order valence-electron chi connectivity index (χ4n) is 0.399. The van der Waals surface area contributed by atoms with E-state index in [2.05, 4.69) is 25.3 Å². The zero-order valence-electron chi connectivity index (χ0n) is 5.68. The Hall–Kier alpha value is 0.0900. The first-order chi connectivity index (χ1) is 3.91. The third-order valence-electron chi connectivity index (χ3n) is 0.814. The minimum Gasteiger partial charge on any atom is -0.135 e. The Morgan fingerprint density at radius 3 is 2.62 bits per heavy atom. The minimum atomic E-state index is 1.19. The van der Waals surface area contributed by atoms with Crippen LogP contribution in [0.2, 0.25) is 0 Å². The largest absolute Gasteiger partial charge is 0.135 e. The number of hydrogen-bond donors (Lipinski definition) is 0. The molecule has 0 spiro atoms. The lowest BCUT2D eigenvalue weighted by atomic mass is 10.3. The summed E-state index contributed by atoms with van der Waals surface area (Å²) in [5.41, 5.74) is 0. The van der Waals surface area contributed by atoms with E-state index in [9.17, 15) is 0 Å². The second kappa shape index (κ2) is 7.09. The van der Waals surface area contributed by atoms with E-state index >= 15 is 0 Å². The van der Waals surface area contributed by atoms with Crippen molar-refractivity contribution in [3.63, 3.8) is 0 Å². The topological polar surface area (TPSA) is 0 Å². The number of hydrogen-bond acceptors (Lipinski definition) is 1. The van der Waals surface area contributed by atoms with E-state index in [4.69, 9.17) is 0 Å². The van der Waals surface area contributed by atoms with E-state index < -0.39 is 0 Å². The van der Waals surface area contributed by atoms with Crippen LogP contribution < -0.4 is 0 Å². The van der Waals surface area contributed by atoms with Crippen LogP contribution in [-0.2, 0) is 0 Å². The Morgan fingerprint density at radius 1 is 1.38 bits per heavy atom. The van der Waals surface area contributed by atoms with Gasteiger partial charge in [-0.05, 0) is 17.6 Å². The highest BCUT2D eigenvalue weighted by atomic mass is 32.2. The molecule has 0 amide bonds. The number of rotatable bonds is 4. The van der Waals surface area contributed by atoms with Gasteiger partial charge in [0.1, 0.15) is 0 Å². The van der Waals surface area contributed by atoms with E-state index in [-0.39, 0.29) is 0 Å². The maximum atomic E-state index is 2.23. The molecule has 0 unspecified atom stereocenters. The molecule has 0 aliphatic carbocycles. The summed E-state index contributed by atoms with van der Waals surface area (Å²) in [5, 5.41) is 2.18. The third-order valence-corrected chi connectivity index (χ3v) is 1.53. The van der Waals surface area contributed by atoms with E-state index in [0.29, 0.717) is 0 Å². The number of allylic oxidation sites excluding steroid dienone is 1. The molecule has 8 heavy (non-hydrogen) atoms. The molecule has 0 aromatic heterocycles. The van der Waals surface area contributed by atoms with Gasteiger partial charge in [0.05, 0.1) is 0 Å². The standard InChI is InChI=1S/C7H14S/c1-3-5-6-7-8-4-2/h6-7H,3-5H2,1-2H3/b7-6-. The van der Waals surface area contributed by atoms with E-state index in [0.717, 1.165) is 0 Å². The van der Waals surface area contributed by atoms with Gasteiger partial charge in [0, 0.05) is 0 Å². The first kappa shape index (κ1) is 8.09. The van der Waals surface area contributed by atoms with Crippen molar-refractivity contribution in [1.29, 1.82) is 0 Å². The molecule has 0 fully saturated rings. The van der Waals surface area contributed by atoms with Crippen molar-refractivity contribution in [3.05, 3.63) is 11.5 Å². The van der Waals surface area contributed by atoms with Crippen molar-refractivity contribution >= 4 is 11.8 Å². The summed E-state index contributed by atoms with van der Waals surface area (Å²) in [5.74, 6) is 1.19. The molecule has 0 nitrogen and oxygen atoms in total. The number of unbranched alkanes of at least 4 members (excludes halogenated alkanes) is 1. The van der Waals surface area contributed by atoms with Gasteiger partial charge in [0.2, 0.25) is 0 Å². The molecular weight excluding hydrogens is 116 g/mol. The molecule has 0 heterocycles.